The third-order valence-corrected chi connectivity index (χ3v) is 3.91. The second-order valence-corrected chi connectivity index (χ2v) is 5.05. The second-order valence-electron chi connectivity index (χ2n) is 4.03. The predicted molar refractivity (Wildman–Crippen MR) is 73.9 cm³/mol. The molecule has 4 nitrogen and oxygen atoms in total. The summed E-state index contributed by atoms with van der Waals surface area (Å²) in [7, 11) is 1.86. The van der Waals surface area contributed by atoms with Gasteiger partial charge in [-0.25, -0.2) is 0 Å². The first-order valence-corrected chi connectivity index (χ1v) is 6.86. The molecule has 1 amide bonds. The molecular weight excluding hydrogens is 246 g/mol. The number of fused-ring (bicyclic) bond motifs is 1. The maximum absolute atomic E-state index is 12.0. The van der Waals surface area contributed by atoms with Gasteiger partial charge in [0.1, 0.15) is 0 Å². The molecule has 0 fully saturated rings. The van der Waals surface area contributed by atoms with Crippen molar-refractivity contribution in [1.29, 1.82) is 5.26 Å². The molecule has 0 aliphatic carbocycles. The number of unbranched alkanes of at least 4 members (excludes halogenated alkanes) is 1. The number of nitriles is 1. The lowest BCUT2D eigenvalue weighted by atomic mass is 10.2. The van der Waals surface area contributed by atoms with Crippen LogP contribution in [-0.4, -0.2) is 25.3 Å². The van der Waals surface area contributed by atoms with E-state index in [-0.39, 0.29) is 5.91 Å². The quantitative estimate of drug-likeness (QED) is 0.846. The molecule has 0 radical (unpaired) electrons. The van der Waals surface area contributed by atoms with Crippen LogP contribution >= 0.6 is 11.8 Å². The molecule has 94 valence electrons. The number of anilines is 2. The number of carbonyl (C=O) groups is 1. The van der Waals surface area contributed by atoms with E-state index in [1.165, 1.54) is 0 Å². The smallest absolute Gasteiger partial charge is 0.237 e. The van der Waals surface area contributed by atoms with Crippen LogP contribution in [0.4, 0.5) is 11.4 Å². The zero-order chi connectivity index (χ0) is 13.0. The zero-order valence-electron chi connectivity index (χ0n) is 10.3. The number of amides is 1. The van der Waals surface area contributed by atoms with E-state index in [1.807, 2.05) is 25.2 Å². The summed E-state index contributed by atoms with van der Waals surface area (Å²) in [6, 6.07) is 8.15. The van der Waals surface area contributed by atoms with Crippen LogP contribution in [0.3, 0.4) is 0 Å². The summed E-state index contributed by atoms with van der Waals surface area (Å²) in [4.78, 5) is 14.9. The highest BCUT2D eigenvalue weighted by Gasteiger charge is 2.24. The molecule has 1 aromatic carbocycles. The molecule has 18 heavy (non-hydrogen) atoms. The molecule has 0 spiro atoms. The van der Waals surface area contributed by atoms with Crippen LogP contribution in [-0.2, 0) is 4.79 Å². The number of rotatable bonds is 4. The molecule has 0 saturated heterocycles. The third kappa shape index (κ3) is 2.59. The highest BCUT2D eigenvalue weighted by molar-refractivity contribution is 8.00. The van der Waals surface area contributed by atoms with Crippen molar-refractivity contribution in [2.24, 2.45) is 0 Å². The molecule has 0 saturated carbocycles. The molecule has 0 unspecified atom stereocenters. The largest absolute Gasteiger partial charge is 0.388 e. The molecule has 1 heterocycles. The summed E-state index contributed by atoms with van der Waals surface area (Å²) in [6.07, 6.45) is 1.20. The monoisotopic (exact) mass is 261 g/mol. The molecule has 1 aromatic rings. The standard InChI is InChI=1S/C13H15N3OS/c1-15-10-4-5-12-11(8-10)16(7-3-2-6-14)13(17)9-18-12/h4-5,8,15H,2-3,7,9H2,1H3. The number of thioether (sulfide) groups is 1. The summed E-state index contributed by atoms with van der Waals surface area (Å²) < 4.78 is 0. The van der Waals surface area contributed by atoms with E-state index in [4.69, 9.17) is 5.26 Å². The Hall–Kier alpha value is -1.67. The van der Waals surface area contributed by atoms with Gasteiger partial charge >= 0.3 is 0 Å². The first kappa shape index (κ1) is 12.8. The van der Waals surface area contributed by atoms with E-state index in [0.717, 1.165) is 22.7 Å². The lowest BCUT2D eigenvalue weighted by Crippen LogP contribution is -2.36. The third-order valence-electron chi connectivity index (χ3n) is 2.86. The first-order chi connectivity index (χ1) is 8.76. The number of hydrogen-bond acceptors (Lipinski definition) is 4. The molecule has 1 N–H and O–H groups in total. The Labute approximate surface area is 111 Å². The van der Waals surface area contributed by atoms with Gasteiger partial charge in [-0.1, -0.05) is 0 Å². The van der Waals surface area contributed by atoms with Gasteiger partial charge in [-0.2, -0.15) is 5.26 Å². The van der Waals surface area contributed by atoms with Gasteiger partial charge in [0, 0.05) is 30.6 Å². The van der Waals surface area contributed by atoms with Crippen molar-refractivity contribution in [2.75, 3.05) is 29.6 Å². The number of nitrogens with one attached hydrogen (secondary N) is 1. The van der Waals surface area contributed by atoms with Gasteiger partial charge in [0.2, 0.25) is 5.91 Å². The Bertz CT molecular complexity index is 495. The van der Waals surface area contributed by atoms with E-state index in [1.54, 1.807) is 16.7 Å². The maximum atomic E-state index is 12.0. The molecule has 5 heteroatoms. The van der Waals surface area contributed by atoms with Crippen molar-refractivity contribution in [2.45, 2.75) is 17.7 Å². The summed E-state index contributed by atoms with van der Waals surface area (Å²) in [5, 5.41) is 11.7. The highest BCUT2D eigenvalue weighted by atomic mass is 32.2. The Morgan fingerprint density at radius 3 is 3.11 bits per heavy atom. The number of benzene rings is 1. The van der Waals surface area contributed by atoms with Gasteiger partial charge in [0.05, 0.1) is 17.5 Å². The normalized spacial score (nSPS) is 14.0. The van der Waals surface area contributed by atoms with Crippen molar-refractivity contribution >= 4 is 29.0 Å². The average Bonchev–Trinajstić information content (AvgIpc) is 2.41. The van der Waals surface area contributed by atoms with Crippen molar-refractivity contribution in [3.63, 3.8) is 0 Å². The lowest BCUT2D eigenvalue weighted by Gasteiger charge is -2.29. The number of carbonyl (C=O) groups excluding carboxylic acids is 1. The van der Waals surface area contributed by atoms with Crippen LogP contribution in [0.5, 0.6) is 0 Å². The van der Waals surface area contributed by atoms with Crippen LogP contribution in [0.2, 0.25) is 0 Å². The molecule has 1 aliphatic heterocycles. The van der Waals surface area contributed by atoms with Crippen LogP contribution in [0.1, 0.15) is 12.8 Å². The molecule has 0 bridgehead atoms. The fourth-order valence-electron chi connectivity index (χ4n) is 1.92. The molecule has 1 aliphatic rings. The molecule has 0 atom stereocenters. The Morgan fingerprint density at radius 2 is 2.39 bits per heavy atom. The highest BCUT2D eigenvalue weighted by Crippen LogP contribution is 2.37. The van der Waals surface area contributed by atoms with Crippen molar-refractivity contribution < 1.29 is 4.79 Å². The van der Waals surface area contributed by atoms with Gasteiger partial charge in [-0.3, -0.25) is 4.79 Å². The fraction of sp³-hybridized carbons (Fsp3) is 0.385. The molecular formula is C13H15N3OS. The van der Waals surface area contributed by atoms with Gasteiger partial charge in [0.25, 0.3) is 0 Å². The van der Waals surface area contributed by atoms with Crippen LogP contribution < -0.4 is 10.2 Å². The second kappa shape index (κ2) is 5.78. The van der Waals surface area contributed by atoms with E-state index in [0.29, 0.717) is 18.7 Å². The molecule has 2 rings (SSSR count). The van der Waals surface area contributed by atoms with E-state index >= 15 is 0 Å². The lowest BCUT2D eigenvalue weighted by molar-refractivity contribution is -0.116. The van der Waals surface area contributed by atoms with Gasteiger partial charge in [-0.15, -0.1) is 11.8 Å². The fourth-order valence-corrected chi connectivity index (χ4v) is 2.84. The van der Waals surface area contributed by atoms with Gasteiger partial charge in [-0.05, 0) is 24.6 Å². The van der Waals surface area contributed by atoms with Crippen molar-refractivity contribution in [3.8, 4) is 6.07 Å². The summed E-state index contributed by atoms with van der Waals surface area (Å²) in [6.45, 7) is 0.618. The Kier molecular flexibility index (Phi) is 4.11. The minimum Gasteiger partial charge on any atom is -0.388 e. The molecule has 0 aromatic heterocycles. The van der Waals surface area contributed by atoms with Gasteiger partial charge < -0.3 is 10.2 Å². The predicted octanol–water partition coefficient (Wildman–Crippen LogP) is 2.47. The maximum Gasteiger partial charge on any atom is 0.237 e. The zero-order valence-corrected chi connectivity index (χ0v) is 11.1. The van der Waals surface area contributed by atoms with E-state index in [2.05, 4.69) is 11.4 Å². The Balaban J connectivity index is 2.25. The van der Waals surface area contributed by atoms with E-state index in [9.17, 15) is 4.79 Å². The van der Waals surface area contributed by atoms with Gasteiger partial charge in [0.15, 0.2) is 0 Å². The van der Waals surface area contributed by atoms with Crippen molar-refractivity contribution in [1.82, 2.24) is 0 Å². The first-order valence-electron chi connectivity index (χ1n) is 5.88. The summed E-state index contributed by atoms with van der Waals surface area (Å²) in [5.41, 5.74) is 1.95. The summed E-state index contributed by atoms with van der Waals surface area (Å²) in [5.74, 6) is 0.608. The summed E-state index contributed by atoms with van der Waals surface area (Å²) >= 11 is 1.57. The van der Waals surface area contributed by atoms with Crippen LogP contribution in [0, 0.1) is 11.3 Å². The minimum atomic E-state index is 0.124. The van der Waals surface area contributed by atoms with Crippen LogP contribution in [0.25, 0.3) is 0 Å². The minimum absolute atomic E-state index is 0.124. The topological polar surface area (TPSA) is 56.1 Å². The number of nitrogens with zero attached hydrogens (tertiary/aromatic N) is 2. The Morgan fingerprint density at radius 1 is 1.56 bits per heavy atom. The average molecular weight is 261 g/mol. The van der Waals surface area contributed by atoms with E-state index < -0.39 is 0 Å². The van der Waals surface area contributed by atoms with Crippen molar-refractivity contribution in [3.05, 3.63) is 18.2 Å². The number of hydrogen-bond donors (Lipinski definition) is 1. The van der Waals surface area contributed by atoms with Crippen LogP contribution in [0.15, 0.2) is 23.1 Å². The SMILES string of the molecule is CNc1ccc2c(c1)N(CCCC#N)C(=O)CS2.